The van der Waals surface area contributed by atoms with Crippen LogP contribution in [0.15, 0.2) is 6.20 Å². The molecule has 0 radical (unpaired) electrons. The number of halogens is 1. The number of carbonyl (C=O) groups is 2. The minimum Gasteiger partial charge on any atom is -0.462 e. The Hall–Kier alpha value is -1.42. The Labute approximate surface area is 170 Å². The molecule has 0 aliphatic heterocycles. The molecule has 2 aromatic heterocycles. The Kier molecular flexibility index (Phi) is 6.33. The lowest BCUT2D eigenvalue weighted by molar-refractivity contribution is -0.116. The molecule has 0 atom stereocenters. The summed E-state index contributed by atoms with van der Waals surface area (Å²) in [5.41, 5.74) is 2.68. The maximum absolute atomic E-state index is 12.4. The van der Waals surface area contributed by atoms with E-state index in [0.717, 1.165) is 40.5 Å². The van der Waals surface area contributed by atoms with Crippen molar-refractivity contribution < 1.29 is 14.3 Å². The number of carbonyl (C=O) groups excluding carboxylic acids is 2. The fraction of sp³-hybridized carbons (Fsp3) is 0.500. The molecule has 0 bridgehead atoms. The molecule has 0 spiro atoms. The van der Waals surface area contributed by atoms with E-state index in [-0.39, 0.29) is 11.9 Å². The third-order valence-electron chi connectivity index (χ3n) is 4.50. The van der Waals surface area contributed by atoms with Crippen molar-refractivity contribution in [1.82, 2.24) is 9.78 Å². The van der Waals surface area contributed by atoms with Gasteiger partial charge in [0.25, 0.3) is 0 Å². The highest BCUT2D eigenvalue weighted by molar-refractivity contribution is 14.1. The summed E-state index contributed by atoms with van der Waals surface area (Å²) in [7, 11) is 0. The van der Waals surface area contributed by atoms with Crippen LogP contribution in [-0.4, -0.2) is 28.3 Å². The summed E-state index contributed by atoms with van der Waals surface area (Å²) in [5, 5.41) is 7.85. The number of fused-ring (bicyclic) bond motifs is 1. The van der Waals surface area contributed by atoms with Gasteiger partial charge in [-0.15, -0.1) is 11.3 Å². The van der Waals surface area contributed by atoms with E-state index in [1.807, 2.05) is 11.6 Å². The normalized spacial score (nSPS) is 13.3. The molecular weight excluding hydrogens is 465 g/mol. The maximum Gasteiger partial charge on any atom is 0.341 e. The van der Waals surface area contributed by atoms with Gasteiger partial charge >= 0.3 is 5.97 Å². The Morgan fingerprint density at radius 3 is 2.85 bits per heavy atom. The Balaban J connectivity index is 1.74. The molecule has 6 nitrogen and oxygen atoms in total. The molecule has 0 aromatic carbocycles. The summed E-state index contributed by atoms with van der Waals surface area (Å²) in [6.07, 6.45) is 6.14. The third-order valence-corrected chi connectivity index (χ3v) is 6.76. The highest BCUT2D eigenvalue weighted by Crippen LogP contribution is 2.38. The molecule has 1 aliphatic carbocycles. The molecule has 1 amide bonds. The van der Waals surface area contributed by atoms with E-state index >= 15 is 0 Å². The van der Waals surface area contributed by atoms with Crippen molar-refractivity contribution in [3.8, 4) is 0 Å². The molecule has 1 aliphatic rings. The molecular formula is C18H22IN3O3S. The molecule has 2 aromatic rings. The van der Waals surface area contributed by atoms with Gasteiger partial charge in [0.2, 0.25) is 5.91 Å². The molecule has 3 rings (SSSR count). The number of aryl methyl sites for hydroxylation is 2. The number of nitrogens with one attached hydrogen (secondary N) is 1. The van der Waals surface area contributed by atoms with Crippen molar-refractivity contribution in [1.29, 1.82) is 0 Å². The fourth-order valence-corrected chi connectivity index (χ4v) is 4.82. The molecule has 1 N–H and O–H groups in total. The van der Waals surface area contributed by atoms with Gasteiger partial charge in [0.05, 0.1) is 28.5 Å². The van der Waals surface area contributed by atoms with Gasteiger partial charge in [-0.25, -0.2) is 4.79 Å². The lowest BCUT2D eigenvalue weighted by atomic mass is 9.95. The largest absolute Gasteiger partial charge is 0.462 e. The lowest BCUT2D eigenvalue weighted by Gasteiger charge is -2.12. The average molecular weight is 487 g/mol. The summed E-state index contributed by atoms with van der Waals surface area (Å²) >= 11 is 3.74. The van der Waals surface area contributed by atoms with Gasteiger partial charge in [0.1, 0.15) is 5.00 Å². The van der Waals surface area contributed by atoms with Crippen LogP contribution in [0.3, 0.4) is 0 Å². The Morgan fingerprint density at radius 2 is 2.15 bits per heavy atom. The molecule has 8 heteroatoms. The predicted octanol–water partition coefficient (Wildman–Crippen LogP) is 3.94. The van der Waals surface area contributed by atoms with E-state index in [0.29, 0.717) is 30.1 Å². The third kappa shape index (κ3) is 4.11. The van der Waals surface area contributed by atoms with Crippen molar-refractivity contribution in [3.05, 3.63) is 31.5 Å². The number of hydrogen-bond acceptors (Lipinski definition) is 5. The molecule has 0 saturated heterocycles. The molecule has 140 valence electrons. The van der Waals surface area contributed by atoms with Crippen molar-refractivity contribution in [2.24, 2.45) is 0 Å². The molecule has 26 heavy (non-hydrogen) atoms. The quantitative estimate of drug-likeness (QED) is 0.495. The average Bonchev–Trinajstić information content (AvgIpc) is 3.13. The van der Waals surface area contributed by atoms with Crippen LogP contribution in [0.2, 0.25) is 0 Å². The first-order valence-corrected chi connectivity index (χ1v) is 10.7. The van der Waals surface area contributed by atoms with E-state index in [2.05, 4.69) is 33.0 Å². The predicted molar refractivity (Wildman–Crippen MR) is 110 cm³/mol. The second-order valence-electron chi connectivity index (χ2n) is 6.23. The first-order valence-electron chi connectivity index (χ1n) is 8.80. The Bertz CT molecular complexity index is 828. The number of anilines is 1. The van der Waals surface area contributed by atoms with Gasteiger partial charge < -0.3 is 10.1 Å². The van der Waals surface area contributed by atoms with Gasteiger partial charge in [-0.2, -0.15) is 5.10 Å². The number of amides is 1. The van der Waals surface area contributed by atoms with Crippen LogP contribution in [0, 0.1) is 10.5 Å². The summed E-state index contributed by atoms with van der Waals surface area (Å²) in [6, 6.07) is 0. The van der Waals surface area contributed by atoms with Crippen LogP contribution >= 0.6 is 33.9 Å². The first-order chi connectivity index (χ1) is 12.5. The highest BCUT2D eigenvalue weighted by atomic mass is 127. The van der Waals surface area contributed by atoms with Crippen molar-refractivity contribution in [2.45, 2.75) is 52.5 Å². The van der Waals surface area contributed by atoms with E-state index < -0.39 is 0 Å². The van der Waals surface area contributed by atoms with E-state index in [4.69, 9.17) is 4.74 Å². The van der Waals surface area contributed by atoms with Crippen LogP contribution in [-0.2, 0) is 28.9 Å². The zero-order chi connectivity index (χ0) is 18.7. The van der Waals surface area contributed by atoms with E-state index in [1.165, 1.54) is 16.2 Å². The minimum atomic E-state index is -0.334. The van der Waals surface area contributed by atoms with E-state index in [1.54, 1.807) is 13.1 Å². The summed E-state index contributed by atoms with van der Waals surface area (Å²) in [5.74, 6) is -0.446. The van der Waals surface area contributed by atoms with Crippen LogP contribution in [0.1, 0.15) is 52.7 Å². The van der Waals surface area contributed by atoms with Crippen molar-refractivity contribution in [3.63, 3.8) is 0 Å². The second kappa shape index (κ2) is 8.51. The first kappa shape index (κ1) is 19.3. The fourth-order valence-electron chi connectivity index (χ4n) is 3.12. The number of hydrogen-bond donors (Lipinski definition) is 1. The van der Waals surface area contributed by atoms with Gasteiger partial charge in [-0.05, 0) is 67.7 Å². The standard InChI is InChI=1S/C18H22IN3O3S/c1-3-25-18(24)16-12-6-4-5-7-14(12)26-17(16)21-15(23)8-9-22-11(2)13(19)10-20-22/h10H,3-9H2,1-2H3,(H,21,23). The zero-order valence-electron chi connectivity index (χ0n) is 14.9. The summed E-state index contributed by atoms with van der Waals surface area (Å²) in [6.45, 7) is 4.62. The second-order valence-corrected chi connectivity index (χ2v) is 8.50. The van der Waals surface area contributed by atoms with E-state index in [9.17, 15) is 9.59 Å². The Morgan fingerprint density at radius 1 is 1.38 bits per heavy atom. The highest BCUT2D eigenvalue weighted by Gasteiger charge is 2.27. The number of nitrogens with zero attached hydrogens (tertiary/aromatic N) is 2. The SMILES string of the molecule is CCOC(=O)c1c(NC(=O)CCn2ncc(I)c2C)sc2c1CCCC2. The smallest absolute Gasteiger partial charge is 0.341 e. The summed E-state index contributed by atoms with van der Waals surface area (Å²) in [4.78, 5) is 26.1. The van der Waals surface area contributed by atoms with Gasteiger partial charge in [-0.3, -0.25) is 9.48 Å². The topological polar surface area (TPSA) is 73.2 Å². The number of esters is 1. The summed E-state index contributed by atoms with van der Waals surface area (Å²) < 4.78 is 8.13. The molecule has 0 fully saturated rings. The van der Waals surface area contributed by atoms with Crippen LogP contribution in [0.4, 0.5) is 5.00 Å². The molecule has 0 saturated carbocycles. The van der Waals surface area contributed by atoms with Crippen LogP contribution in [0.25, 0.3) is 0 Å². The van der Waals surface area contributed by atoms with Crippen LogP contribution < -0.4 is 5.32 Å². The zero-order valence-corrected chi connectivity index (χ0v) is 17.9. The van der Waals surface area contributed by atoms with Crippen LogP contribution in [0.5, 0.6) is 0 Å². The minimum absolute atomic E-state index is 0.112. The maximum atomic E-state index is 12.4. The number of rotatable bonds is 6. The molecule has 0 unspecified atom stereocenters. The number of ether oxygens (including phenoxy) is 1. The van der Waals surface area contributed by atoms with Gasteiger partial charge in [-0.1, -0.05) is 0 Å². The lowest BCUT2D eigenvalue weighted by Crippen LogP contribution is -2.17. The molecule has 2 heterocycles. The monoisotopic (exact) mass is 487 g/mol. The number of aromatic nitrogens is 2. The van der Waals surface area contributed by atoms with Crippen molar-refractivity contribution >= 4 is 50.8 Å². The van der Waals surface area contributed by atoms with Gasteiger partial charge in [0, 0.05) is 17.0 Å². The van der Waals surface area contributed by atoms with Gasteiger partial charge in [0.15, 0.2) is 0 Å². The van der Waals surface area contributed by atoms with Crippen molar-refractivity contribution in [2.75, 3.05) is 11.9 Å². The number of thiophene rings is 1.